The number of nitrogens with zero attached hydrogens (tertiary/aromatic N) is 1. The van der Waals surface area contributed by atoms with Crippen molar-refractivity contribution < 1.29 is 9.84 Å². The Morgan fingerprint density at radius 1 is 1.15 bits per heavy atom. The molecule has 1 aliphatic rings. The summed E-state index contributed by atoms with van der Waals surface area (Å²) in [6, 6.07) is 18.0. The van der Waals surface area contributed by atoms with Crippen LogP contribution in [0.1, 0.15) is 42.9 Å². The number of hydrogen-bond acceptors (Lipinski definition) is 3. The van der Waals surface area contributed by atoms with E-state index < -0.39 is 6.10 Å². The van der Waals surface area contributed by atoms with Crippen molar-refractivity contribution in [2.75, 3.05) is 26.2 Å². The third-order valence-corrected chi connectivity index (χ3v) is 4.79. The third-order valence-electron chi connectivity index (χ3n) is 4.79. The van der Waals surface area contributed by atoms with Gasteiger partial charge in [-0.1, -0.05) is 48.5 Å². The maximum absolute atomic E-state index is 10.3. The number of ether oxygens (including phenoxy) is 1. The summed E-state index contributed by atoms with van der Waals surface area (Å²) in [6.45, 7) is 4.98. The van der Waals surface area contributed by atoms with Gasteiger partial charge in [-0.15, -0.1) is 0 Å². The molecule has 0 aromatic heterocycles. The van der Waals surface area contributed by atoms with E-state index in [9.17, 15) is 5.11 Å². The fourth-order valence-corrected chi connectivity index (χ4v) is 3.32. The summed E-state index contributed by atoms with van der Waals surface area (Å²) < 4.78 is 5.73. The van der Waals surface area contributed by atoms with Crippen LogP contribution in [0.4, 0.5) is 0 Å². The molecule has 1 aliphatic heterocycles. The molecule has 2 atom stereocenters. The molecule has 3 rings (SSSR count). The minimum absolute atomic E-state index is 0.375. The van der Waals surface area contributed by atoms with Crippen molar-refractivity contribution in [1.29, 1.82) is 0 Å². The lowest BCUT2D eigenvalue weighted by molar-refractivity contribution is 0.168. The zero-order chi connectivity index (χ0) is 18.9. The van der Waals surface area contributed by atoms with E-state index in [1.54, 1.807) is 0 Å². The van der Waals surface area contributed by atoms with Gasteiger partial charge in [0.15, 0.2) is 5.96 Å². The second-order valence-electron chi connectivity index (χ2n) is 6.73. The van der Waals surface area contributed by atoms with Crippen molar-refractivity contribution in [2.45, 2.75) is 31.8 Å². The Labute approximate surface area is 161 Å². The van der Waals surface area contributed by atoms with Crippen LogP contribution < -0.4 is 15.4 Å². The van der Waals surface area contributed by atoms with Crippen molar-refractivity contribution in [1.82, 2.24) is 10.6 Å². The van der Waals surface area contributed by atoms with E-state index in [0.29, 0.717) is 18.9 Å². The van der Waals surface area contributed by atoms with Gasteiger partial charge in [0, 0.05) is 25.6 Å². The molecule has 5 heteroatoms. The molecule has 1 heterocycles. The predicted molar refractivity (Wildman–Crippen MR) is 109 cm³/mol. The van der Waals surface area contributed by atoms with E-state index in [-0.39, 0.29) is 0 Å². The first-order valence-corrected chi connectivity index (χ1v) is 9.75. The lowest BCUT2D eigenvalue weighted by Crippen LogP contribution is -2.38. The normalized spacial score (nSPS) is 17.6. The van der Waals surface area contributed by atoms with Crippen molar-refractivity contribution >= 4 is 5.96 Å². The molecular formula is C22H29N3O2. The van der Waals surface area contributed by atoms with Crippen LogP contribution in [0.15, 0.2) is 59.6 Å². The van der Waals surface area contributed by atoms with Crippen LogP contribution in [0.3, 0.4) is 0 Å². The molecule has 2 aromatic carbocycles. The van der Waals surface area contributed by atoms with Crippen LogP contribution in [-0.2, 0) is 0 Å². The van der Waals surface area contributed by atoms with Crippen LogP contribution in [0.5, 0.6) is 5.75 Å². The molecular weight excluding hydrogens is 338 g/mol. The second kappa shape index (κ2) is 9.97. The number of nitrogens with one attached hydrogen (secondary N) is 2. The van der Waals surface area contributed by atoms with Gasteiger partial charge < -0.3 is 20.5 Å². The van der Waals surface area contributed by atoms with Gasteiger partial charge in [-0.2, -0.15) is 0 Å². The summed E-state index contributed by atoms with van der Waals surface area (Å²) >= 11 is 0. The van der Waals surface area contributed by atoms with Gasteiger partial charge in [-0.3, -0.25) is 4.99 Å². The maximum atomic E-state index is 10.3. The molecule has 0 spiro atoms. The highest BCUT2D eigenvalue weighted by molar-refractivity contribution is 5.79. The molecule has 2 aromatic rings. The summed E-state index contributed by atoms with van der Waals surface area (Å²) in [5.41, 5.74) is 2.18. The number of benzene rings is 2. The number of aliphatic hydroxyl groups is 1. The topological polar surface area (TPSA) is 65.9 Å². The van der Waals surface area contributed by atoms with Gasteiger partial charge in [-0.25, -0.2) is 0 Å². The second-order valence-corrected chi connectivity index (χ2v) is 6.73. The number of aliphatic hydroxyl groups excluding tert-OH is 1. The van der Waals surface area contributed by atoms with Crippen LogP contribution in [-0.4, -0.2) is 37.3 Å². The molecule has 0 bridgehead atoms. The molecule has 144 valence electrons. The highest BCUT2D eigenvalue weighted by Gasteiger charge is 2.20. The molecule has 0 radical (unpaired) electrons. The number of aliphatic imine (C=N–C) groups is 1. The first kappa shape index (κ1) is 19.2. The first-order chi connectivity index (χ1) is 13.3. The highest BCUT2D eigenvalue weighted by Crippen LogP contribution is 2.33. The fraction of sp³-hybridized carbons (Fsp3) is 0.409. The van der Waals surface area contributed by atoms with Crippen molar-refractivity contribution in [2.24, 2.45) is 4.99 Å². The van der Waals surface area contributed by atoms with E-state index in [1.807, 2.05) is 42.5 Å². The molecule has 3 N–H and O–H groups in total. The van der Waals surface area contributed by atoms with Crippen molar-refractivity contribution in [3.63, 3.8) is 0 Å². The summed E-state index contributed by atoms with van der Waals surface area (Å²) in [4.78, 5) is 4.76. The van der Waals surface area contributed by atoms with Crippen LogP contribution in [0.2, 0.25) is 0 Å². The zero-order valence-electron chi connectivity index (χ0n) is 15.9. The number of hydrogen-bond donors (Lipinski definition) is 3. The Morgan fingerprint density at radius 3 is 2.74 bits per heavy atom. The minimum Gasteiger partial charge on any atom is -0.493 e. The van der Waals surface area contributed by atoms with Crippen molar-refractivity contribution in [3.05, 3.63) is 65.7 Å². The van der Waals surface area contributed by atoms with Gasteiger partial charge in [0.1, 0.15) is 5.75 Å². The Morgan fingerprint density at radius 2 is 1.93 bits per heavy atom. The summed E-state index contributed by atoms with van der Waals surface area (Å²) in [5.74, 6) is 2.15. The largest absolute Gasteiger partial charge is 0.493 e. The number of fused-ring (bicyclic) bond motifs is 1. The molecule has 0 aliphatic carbocycles. The average Bonchev–Trinajstić information content (AvgIpc) is 2.72. The lowest BCUT2D eigenvalue weighted by Gasteiger charge is -2.25. The van der Waals surface area contributed by atoms with E-state index >= 15 is 0 Å². The number of rotatable bonds is 7. The molecule has 0 saturated heterocycles. The zero-order valence-corrected chi connectivity index (χ0v) is 15.9. The van der Waals surface area contributed by atoms with Gasteiger partial charge in [0.05, 0.1) is 12.7 Å². The quantitative estimate of drug-likeness (QED) is 0.519. The molecule has 2 unspecified atom stereocenters. The monoisotopic (exact) mass is 367 g/mol. The first-order valence-electron chi connectivity index (χ1n) is 9.75. The number of para-hydroxylation sites is 1. The molecule has 5 nitrogen and oxygen atoms in total. The third kappa shape index (κ3) is 5.47. The van der Waals surface area contributed by atoms with Gasteiger partial charge in [0.2, 0.25) is 0 Å². The SMILES string of the molecule is CCNC(=NCC1CCOc2ccccc21)NCCC(O)c1ccccc1. The Balaban J connectivity index is 1.54. The number of guanidine groups is 1. The van der Waals surface area contributed by atoms with E-state index in [4.69, 9.17) is 9.73 Å². The lowest BCUT2D eigenvalue weighted by atomic mass is 9.93. The van der Waals surface area contributed by atoms with E-state index in [2.05, 4.69) is 29.7 Å². The standard InChI is InChI=1S/C22H29N3O2/c1-2-23-22(24-14-12-20(26)17-8-4-3-5-9-17)25-16-18-13-15-27-21-11-7-6-10-19(18)21/h3-11,18,20,26H,2,12-16H2,1H3,(H2,23,24,25). The minimum atomic E-state index is -0.469. The Bertz CT molecular complexity index is 733. The van der Waals surface area contributed by atoms with Crippen molar-refractivity contribution in [3.8, 4) is 5.75 Å². The Kier molecular flexibility index (Phi) is 7.11. The highest BCUT2D eigenvalue weighted by atomic mass is 16.5. The molecule has 27 heavy (non-hydrogen) atoms. The van der Waals surface area contributed by atoms with E-state index in [1.165, 1.54) is 5.56 Å². The summed E-state index contributed by atoms with van der Waals surface area (Å²) in [6.07, 6.45) is 1.14. The van der Waals surface area contributed by atoms with Crippen LogP contribution in [0, 0.1) is 0 Å². The Hall–Kier alpha value is -2.53. The van der Waals surface area contributed by atoms with Crippen LogP contribution in [0.25, 0.3) is 0 Å². The molecule has 0 amide bonds. The van der Waals surface area contributed by atoms with Gasteiger partial charge in [0.25, 0.3) is 0 Å². The smallest absolute Gasteiger partial charge is 0.191 e. The van der Waals surface area contributed by atoms with Crippen LogP contribution >= 0.6 is 0 Å². The maximum Gasteiger partial charge on any atom is 0.191 e. The predicted octanol–water partition coefficient (Wildman–Crippen LogP) is 3.23. The summed E-state index contributed by atoms with van der Waals surface area (Å²) in [5, 5.41) is 16.9. The van der Waals surface area contributed by atoms with E-state index in [0.717, 1.165) is 43.4 Å². The van der Waals surface area contributed by atoms with Gasteiger partial charge in [-0.05, 0) is 37.0 Å². The fourth-order valence-electron chi connectivity index (χ4n) is 3.32. The molecule has 0 saturated carbocycles. The average molecular weight is 367 g/mol. The summed E-state index contributed by atoms with van der Waals surface area (Å²) in [7, 11) is 0. The van der Waals surface area contributed by atoms with Gasteiger partial charge >= 0.3 is 0 Å². The molecule has 0 fully saturated rings.